The lowest BCUT2D eigenvalue weighted by Gasteiger charge is -2.26. The molecule has 102 valence electrons. The first-order chi connectivity index (χ1) is 9.00. The predicted molar refractivity (Wildman–Crippen MR) is 77.6 cm³/mol. The minimum Gasteiger partial charge on any atom is -0.344 e. The van der Waals surface area contributed by atoms with Gasteiger partial charge in [-0.1, -0.05) is 25.1 Å². The Labute approximate surface area is 117 Å². The van der Waals surface area contributed by atoms with Crippen LogP contribution in [-0.4, -0.2) is 27.1 Å². The number of aromatic nitrogens is 2. The third kappa shape index (κ3) is 2.59. The Balaban J connectivity index is 2.37. The number of halogens is 1. The van der Waals surface area contributed by atoms with Crippen molar-refractivity contribution < 1.29 is 4.79 Å². The SMILES string of the molecule is CCC(C)(CCl)NC(=O)c1nn(C)c2ccccc12. The van der Waals surface area contributed by atoms with Crippen LogP contribution in [0.3, 0.4) is 0 Å². The summed E-state index contributed by atoms with van der Waals surface area (Å²) in [5.74, 6) is 0.196. The van der Waals surface area contributed by atoms with E-state index in [-0.39, 0.29) is 5.91 Å². The van der Waals surface area contributed by atoms with Crippen LogP contribution in [0.4, 0.5) is 0 Å². The first-order valence-corrected chi connectivity index (χ1v) is 6.84. The maximum Gasteiger partial charge on any atom is 0.272 e. The molecule has 0 aliphatic rings. The molecule has 1 amide bonds. The first kappa shape index (κ1) is 13.9. The van der Waals surface area contributed by atoms with Gasteiger partial charge in [0.25, 0.3) is 5.91 Å². The maximum absolute atomic E-state index is 12.4. The molecule has 1 atom stereocenters. The fourth-order valence-corrected chi connectivity index (χ4v) is 2.19. The number of carbonyl (C=O) groups excluding carboxylic acids is 1. The number of fused-ring (bicyclic) bond motifs is 1. The molecule has 0 saturated carbocycles. The summed E-state index contributed by atoms with van der Waals surface area (Å²) in [6, 6.07) is 7.68. The van der Waals surface area contributed by atoms with Gasteiger partial charge < -0.3 is 5.32 Å². The molecule has 0 spiro atoms. The monoisotopic (exact) mass is 279 g/mol. The van der Waals surface area contributed by atoms with Crippen LogP contribution in [0.25, 0.3) is 10.9 Å². The zero-order valence-corrected chi connectivity index (χ0v) is 12.2. The topological polar surface area (TPSA) is 46.9 Å². The summed E-state index contributed by atoms with van der Waals surface area (Å²) in [4.78, 5) is 12.4. The molecule has 1 aromatic carbocycles. The Kier molecular flexibility index (Phi) is 3.80. The number of aryl methyl sites for hydroxylation is 1. The van der Waals surface area contributed by atoms with E-state index in [2.05, 4.69) is 10.4 Å². The van der Waals surface area contributed by atoms with Gasteiger partial charge in [-0.3, -0.25) is 9.48 Å². The zero-order valence-electron chi connectivity index (χ0n) is 11.4. The Bertz CT molecular complexity index is 602. The van der Waals surface area contributed by atoms with Gasteiger partial charge in [0, 0.05) is 18.3 Å². The Hall–Kier alpha value is -1.55. The first-order valence-electron chi connectivity index (χ1n) is 6.31. The van der Waals surface area contributed by atoms with E-state index < -0.39 is 5.54 Å². The highest BCUT2D eigenvalue weighted by Crippen LogP contribution is 2.19. The van der Waals surface area contributed by atoms with E-state index in [0.717, 1.165) is 17.3 Å². The van der Waals surface area contributed by atoms with Gasteiger partial charge in [0.15, 0.2) is 5.69 Å². The molecule has 0 radical (unpaired) electrons. The third-order valence-corrected chi connectivity index (χ3v) is 4.05. The van der Waals surface area contributed by atoms with E-state index in [4.69, 9.17) is 11.6 Å². The van der Waals surface area contributed by atoms with Gasteiger partial charge in [-0.25, -0.2) is 0 Å². The molecular weight excluding hydrogens is 262 g/mol. The van der Waals surface area contributed by atoms with Crippen LogP contribution in [0, 0.1) is 0 Å². The van der Waals surface area contributed by atoms with Crippen LogP contribution in [0.2, 0.25) is 0 Å². The molecule has 1 unspecified atom stereocenters. The second kappa shape index (κ2) is 5.21. The number of benzene rings is 1. The summed E-state index contributed by atoms with van der Waals surface area (Å²) < 4.78 is 1.72. The number of amides is 1. The van der Waals surface area contributed by atoms with Gasteiger partial charge in [0.05, 0.1) is 11.1 Å². The van der Waals surface area contributed by atoms with Crippen molar-refractivity contribution >= 4 is 28.4 Å². The lowest BCUT2D eigenvalue weighted by Crippen LogP contribution is -2.47. The van der Waals surface area contributed by atoms with E-state index in [9.17, 15) is 4.79 Å². The van der Waals surface area contributed by atoms with Crippen LogP contribution in [0.5, 0.6) is 0 Å². The number of nitrogens with zero attached hydrogens (tertiary/aromatic N) is 2. The summed E-state index contributed by atoms with van der Waals surface area (Å²) in [7, 11) is 1.83. The number of alkyl halides is 1. The summed E-state index contributed by atoms with van der Waals surface area (Å²) >= 11 is 5.92. The summed E-state index contributed by atoms with van der Waals surface area (Å²) in [6.07, 6.45) is 0.771. The number of carbonyl (C=O) groups is 1. The minimum atomic E-state index is -0.405. The van der Waals surface area contributed by atoms with E-state index in [1.807, 2.05) is 45.2 Å². The standard InChI is InChI=1S/C14H18ClN3O/c1-4-14(2,9-15)16-13(19)12-10-7-5-6-8-11(10)18(3)17-12/h5-8H,4,9H2,1-3H3,(H,16,19). The van der Waals surface area contributed by atoms with Crippen LogP contribution in [0.15, 0.2) is 24.3 Å². The smallest absolute Gasteiger partial charge is 0.272 e. The number of para-hydroxylation sites is 1. The molecule has 4 nitrogen and oxygen atoms in total. The van der Waals surface area contributed by atoms with Crippen LogP contribution in [0.1, 0.15) is 30.8 Å². The number of hydrogen-bond donors (Lipinski definition) is 1. The van der Waals surface area contributed by atoms with Crippen molar-refractivity contribution in [3.05, 3.63) is 30.0 Å². The van der Waals surface area contributed by atoms with Crippen molar-refractivity contribution in [2.24, 2.45) is 7.05 Å². The van der Waals surface area contributed by atoms with Crippen molar-refractivity contribution in [2.75, 3.05) is 5.88 Å². The molecular formula is C14H18ClN3O. The molecule has 0 aliphatic heterocycles. The molecule has 0 fully saturated rings. The molecule has 1 heterocycles. The molecule has 5 heteroatoms. The van der Waals surface area contributed by atoms with Gasteiger partial charge >= 0.3 is 0 Å². The molecule has 0 saturated heterocycles. The maximum atomic E-state index is 12.4. The van der Waals surface area contributed by atoms with Crippen LogP contribution >= 0.6 is 11.6 Å². The largest absolute Gasteiger partial charge is 0.344 e. The predicted octanol–water partition coefficient (Wildman–Crippen LogP) is 2.71. The molecule has 0 aliphatic carbocycles. The lowest BCUT2D eigenvalue weighted by atomic mass is 10.0. The van der Waals surface area contributed by atoms with Crippen molar-refractivity contribution in [3.63, 3.8) is 0 Å². The normalized spacial score (nSPS) is 14.3. The number of rotatable bonds is 4. The fourth-order valence-electron chi connectivity index (χ4n) is 1.93. The molecule has 1 aromatic heterocycles. The van der Waals surface area contributed by atoms with Gasteiger partial charge in [-0.05, 0) is 19.4 Å². The average Bonchev–Trinajstić information content (AvgIpc) is 2.77. The highest BCUT2D eigenvalue weighted by Gasteiger charge is 2.26. The van der Waals surface area contributed by atoms with Crippen molar-refractivity contribution in [1.82, 2.24) is 15.1 Å². The van der Waals surface area contributed by atoms with Crippen LogP contribution < -0.4 is 5.32 Å². The Morgan fingerprint density at radius 1 is 1.47 bits per heavy atom. The molecule has 19 heavy (non-hydrogen) atoms. The van der Waals surface area contributed by atoms with Crippen molar-refractivity contribution in [3.8, 4) is 0 Å². The second-order valence-electron chi connectivity index (χ2n) is 4.99. The van der Waals surface area contributed by atoms with Crippen LogP contribution in [-0.2, 0) is 7.05 Å². The zero-order chi connectivity index (χ0) is 14.0. The van der Waals surface area contributed by atoms with E-state index >= 15 is 0 Å². The van der Waals surface area contributed by atoms with E-state index in [1.54, 1.807) is 4.68 Å². The van der Waals surface area contributed by atoms with Gasteiger partial charge in [0.2, 0.25) is 0 Å². The minimum absolute atomic E-state index is 0.179. The highest BCUT2D eigenvalue weighted by molar-refractivity contribution is 6.19. The fraction of sp³-hybridized carbons (Fsp3) is 0.429. The number of hydrogen-bond acceptors (Lipinski definition) is 2. The van der Waals surface area contributed by atoms with Gasteiger partial charge in [0.1, 0.15) is 0 Å². The molecule has 0 bridgehead atoms. The highest BCUT2D eigenvalue weighted by atomic mass is 35.5. The second-order valence-corrected chi connectivity index (χ2v) is 5.26. The molecule has 2 aromatic rings. The van der Waals surface area contributed by atoms with E-state index in [1.165, 1.54) is 0 Å². The van der Waals surface area contributed by atoms with Crippen molar-refractivity contribution in [2.45, 2.75) is 25.8 Å². The Morgan fingerprint density at radius 3 is 2.79 bits per heavy atom. The van der Waals surface area contributed by atoms with Crippen molar-refractivity contribution in [1.29, 1.82) is 0 Å². The van der Waals surface area contributed by atoms with Gasteiger partial charge in [-0.15, -0.1) is 11.6 Å². The van der Waals surface area contributed by atoms with Gasteiger partial charge in [-0.2, -0.15) is 5.10 Å². The lowest BCUT2D eigenvalue weighted by molar-refractivity contribution is 0.0908. The summed E-state index contributed by atoms with van der Waals surface area (Å²) in [5, 5.41) is 8.13. The Morgan fingerprint density at radius 2 is 2.16 bits per heavy atom. The molecule has 2 rings (SSSR count). The summed E-state index contributed by atoms with van der Waals surface area (Å²) in [6.45, 7) is 3.93. The quantitative estimate of drug-likeness (QED) is 0.875. The summed E-state index contributed by atoms with van der Waals surface area (Å²) in [5.41, 5.74) is 0.983. The molecule has 1 N–H and O–H groups in total. The van der Waals surface area contributed by atoms with E-state index in [0.29, 0.717) is 11.6 Å². The third-order valence-electron chi connectivity index (χ3n) is 3.46. The average molecular weight is 280 g/mol. The number of nitrogens with one attached hydrogen (secondary N) is 1.